The highest BCUT2D eigenvalue weighted by Gasteiger charge is 2.24. The van der Waals surface area contributed by atoms with E-state index in [1.54, 1.807) is 0 Å². The van der Waals surface area contributed by atoms with Crippen LogP contribution in [0.3, 0.4) is 0 Å². The molecule has 70 valence electrons. The largest absolute Gasteiger partial charge is 0.302 e. The van der Waals surface area contributed by atoms with Gasteiger partial charge in [-0.3, -0.25) is 0 Å². The quantitative estimate of drug-likeness (QED) is 0.501. The second kappa shape index (κ2) is 4.23. The third kappa shape index (κ3) is 3.11. The number of nitrogens with zero attached hydrogens (tertiary/aromatic N) is 2. The summed E-state index contributed by atoms with van der Waals surface area (Å²) in [5.41, 5.74) is 0. The van der Waals surface area contributed by atoms with Crippen molar-refractivity contribution in [3.05, 3.63) is 4.91 Å². The van der Waals surface area contributed by atoms with Crippen molar-refractivity contribution in [2.24, 2.45) is 4.58 Å². The van der Waals surface area contributed by atoms with Crippen LogP contribution in [0.25, 0.3) is 0 Å². The summed E-state index contributed by atoms with van der Waals surface area (Å²) in [6.45, 7) is 7.48. The lowest BCUT2D eigenvalue weighted by atomic mass is 10.2. The van der Waals surface area contributed by atoms with Crippen LogP contribution in [-0.4, -0.2) is 29.3 Å². The summed E-state index contributed by atoms with van der Waals surface area (Å²) >= 11 is 1.15. The third-order valence-electron chi connectivity index (χ3n) is 2.09. The summed E-state index contributed by atoms with van der Waals surface area (Å²) in [5, 5.41) is 0. The molecule has 0 saturated carbocycles. The molecular formula is C8H16N2OS. The second-order valence-corrected chi connectivity index (χ2v) is 5.35. The molecule has 0 aromatic rings. The molecule has 0 atom stereocenters. The summed E-state index contributed by atoms with van der Waals surface area (Å²) < 4.78 is 2.87. The Labute approximate surface area is 78.0 Å². The van der Waals surface area contributed by atoms with Gasteiger partial charge in [-0.15, -0.1) is 4.91 Å². The molecule has 1 aliphatic rings. The SMILES string of the molecule is CC(C)(CN1CCCC1)SN=O. The van der Waals surface area contributed by atoms with Gasteiger partial charge in [0.05, 0.1) is 0 Å². The van der Waals surface area contributed by atoms with Crippen LogP contribution in [0.5, 0.6) is 0 Å². The maximum Gasteiger partial charge on any atom is 0.0482 e. The summed E-state index contributed by atoms with van der Waals surface area (Å²) in [7, 11) is 0. The Hall–Kier alpha value is -0.0900. The van der Waals surface area contributed by atoms with Gasteiger partial charge in [-0.25, -0.2) is 0 Å². The van der Waals surface area contributed by atoms with Crippen molar-refractivity contribution in [2.45, 2.75) is 31.4 Å². The van der Waals surface area contributed by atoms with Crippen LogP contribution >= 0.6 is 11.9 Å². The first-order valence-electron chi connectivity index (χ1n) is 4.37. The zero-order valence-electron chi connectivity index (χ0n) is 7.75. The molecule has 1 saturated heterocycles. The molecule has 0 aliphatic carbocycles. The van der Waals surface area contributed by atoms with Gasteiger partial charge in [0, 0.05) is 27.8 Å². The molecule has 0 aromatic carbocycles. The Bertz CT molecular complexity index is 155. The average molecular weight is 188 g/mol. The van der Waals surface area contributed by atoms with E-state index in [-0.39, 0.29) is 4.75 Å². The van der Waals surface area contributed by atoms with E-state index < -0.39 is 0 Å². The molecule has 0 spiro atoms. The highest BCUT2D eigenvalue weighted by atomic mass is 32.2. The minimum atomic E-state index is -0.0217. The Morgan fingerprint density at radius 1 is 1.42 bits per heavy atom. The molecule has 0 amide bonds. The molecule has 0 bridgehead atoms. The molecule has 1 heterocycles. The van der Waals surface area contributed by atoms with E-state index in [1.165, 1.54) is 25.9 Å². The van der Waals surface area contributed by atoms with Crippen molar-refractivity contribution in [1.29, 1.82) is 0 Å². The van der Waals surface area contributed by atoms with Gasteiger partial charge in [0.1, 0.15) is 0 Å². The first kappa shape index (κ1) is 9.99. The maximum atomic E-state index is 10.1. The van der Waals surface area contributed by atoms with E-state index in [4.69, 9.17) is 0 Å². The molecular weight excluding hydrogens is 172 g/mol. The summed E-state index contributed by atoms with van der Waals surface area (Å²) in [4.78, 5) is 12.5. The molecule has 1 aliphatic heterocycles. The smallest absolute Gasteiger partial charge is 0.0482 e. The molecule has 4 heteroatoms. The average Bonchev–Trinajstić information content (AvgIpc) is 2.38. The first-order valence-corrected chi connectivity index (χ1v) is 5.14. The highest BCUT2D eigenvalue weighted by Crippen LogP contribution is 2.27. The number of rotatable bonds is 4. The first-order chi connectivity index (χ1) is 5.64. The lowest BCUT2D eigenvalue weighted by molar-refractivity contribution is 0.313. The molecule has 12 heavy (non-hydrogen) atoms. The van der Waals surface area contributed by atoms with Crippen molar-refractivity contribution >= 4 is 11.9 Å². The zero-order valence-corrected chi connectivity index (χ0v) is 8.56. The molecule has 0 aromatic heterocycles. The van der Waals surface area contributed by atoms with Crippen LogP contribution in [0.4, 0.5) is 0 Å². The number of likely N-dealkylation sites (tertiary alicyclic amines) is 1. The van der Waals surface area contributed by atoms with Gasteiger partial charge in [-0.05, 0) is 39.8 Å². The van der Waals surface area contributed by atoms with Gasteiger partial charge < -0.3 is 4.90 Å². The van der Waals surface area contributed by atoms with E-state index in [0.717, 1.165) is 18.5 Å². The van der Waals surface area contributed by atoms with Crippen molar-refractivity contribution in [1.82, 2.24) is 4.90 Å². The van der Waals surface area contributed by atoms with Crippen molar-refractivity contribution in [2.75, 3.05) is 19.6 Å². The normalized spacial score (nSPS) is 19.8. The monoisotopic (exact) mass is 188 g/mol. The van der Waals surface area contributed by atoms with Crippen LogP contribution in [0, 0.1) is 4.91 Å². The molecule has 0 radical (unpaired) electrons. The van der Waals surface area contributed by atoms with Gasteiger partial charge >= 0.3 is 0 Å². The molecule has 1 rings (SSSR count). The van der Waals surface area contributed by atoms with Gasteiger partial charge in [0.25, 0.3) is 0 Å². The van der Waals surface area contributed by atoms with Crippen molar-refractivity contribution in [3.63, 3.8) is 0 Å². The number of nitroso groups, excluding NO2 is 1. The lowest BCUT2D eigenvalue weighted by Gasteiger charge is -2.25. The minimum absolute atomic E-state index is 0.0217. The summed E-state index contributed by atoms with van der Waals surface area (Å²) in [6.07, 6.45) is 2.60. The predicted molar refractivity (Wildman–Crippen MR) is 53.1 cm³/mol. The van der Waals surface area contributed by atoms with Crippen molar-refractivity contribution in [3.8, 4) is 0 Å². The molecule has 3 nitrogen and oxygen atoms in total. The van der Waals surface area contributed by atoms with E-state index in [9.17, 15) is 4.91 Å². The van der Waals surface area contributed by atoms with Gasteiger partial charge in [-0.2, -0.15) is 0 Å². The fourth-order valence-corrected chi connectivity index (χ4v) is 2.05. The lowest BCUT2D eigenvalue weighted by Crippen LogP contribution is -2.34. The van der Waals surface area contributed by atoms with Crippen LogP contribution in [0.2, 0.25) is 0 Å². The van der Waals surface area contributed by atoms with Gasteiger partial charge in [0.15, 0.2) is 0 Å². The maximum absolute atomic E-state index is 10.1. The summed E-state index contributed by atoms with van der Waals surface area (Å²) in [5.74, 6) is 0. The van der Waals surface area contributed by atoms with E-state index >= 15 is 0 Å². The third-order valence-corrected chi connectivity index (χ3v) is 2.79. The van der Waals surface area contributed by atoms with Crippen molar-refractivity contribution < 1.29 is 0 Å². The topological polar surface area (TPSA) is 32.7 Å². The fourth-order valence-electron chi connectivity index (χ4n) is 1.61. The molecule has 0 N–H and O–H groups in total. The Kier molecular flexibility index (Phi) is 3.53. The molecule has 1 fully saturated rings. The Morgan fingerprint density at radius 3 is 2.50 bits per heavy atom. The van der Waals surface area contributed by atoms with E-state index in [2.05, 4.69) is 23.3 Å². The second-order valence-electron chi connectivity index (χ2n) is 3.91. The number of hydrogen-bond acceptors (Lipinski definition) is 4. The standard InChI is InChI=1S/C8H16N2OS/c1-8(2,12-9-11)7-10-5-3-4-6-10/h3-7H2,1-2H3. The van der Waals surface area contributed by atoms with Crippen LogP contribution < -0.4 is 0 Å². The Morgan fingerprint density at radius 2 is 2.00 bits per heavy atom. The van der Waals surface area contributed by atoms with Gasteiger partial charge in [-0.1, -0.05) is 0 Å². The van der Waals surface area contributed by atoms with Gasteiger partial charge in [0.2, 0.25) is 0 Å². The minimum Gasteiger partial charge on any atom is -0.302 e. The van der Waals surface area contributed by atoms with E-state index in [0.29, 0.717) is 0 Å². The van der Waals surface area contributed by atoms with Crippen LogP contribution in [0.1, 0.15) is 26.7 Å². The number of hydrogen-bond donors (Lipinski definition) is 0. The Balaban J connectivity index is 2.31. The van der Waals surface area contributed by atoms with E-state index in [1.807, 2.05) is 0 Å². The highest BCUT2D eigenvalue weighted by molar-refractivity contribution is 7.99. The van der Waals surface area contributed by atoms with Crippen LogP contribution in [-0.2, 0) is 0 Å². The predicted octanol–water partition coefficient (Wildman–Crippen LogP) is 2.28. The van der Waals surface area contributed by atoms with Crippen LogP contribution in [0.15, 0.2) is 4.58 Å². The summed E-state index contributed by atoms with van der Waals surface area (Å²) in [6, 6.07) is 0. The zero-order chi connectivity index (χ0) is 9.03. The fraction of sp³-hybridized carbons (Fsp3) is 1.00. The molecule has 0 unspecified atom stereocenters.